The normalized spacial score (nSPS) is 11.0. The van der Waals surface area contributed by atoms with Gasteiger partial charge in [-0.15, -0.1) is 0 Å². The Balaban J connectivity index is 2.34. The Kier molecular flexibility index (Phi) is 3.20. The first-order valence-corrected chi connectivity index (χ1v) is 5.07. The topological polar surface area (TPSA) is 22.1 Å². The van der Waals surface area contributed by atoms with Crippen molar-refractivity contribution in [1.29, 1.82) is 0 Å². The van der Waals surface area contributed by atoms with Crippen LogP contribution in [0, 0.1) is 0 Å². The van der Waals surface area contributed by atoms with Crippen molar-refractivity contribution >= 4 is 22.4 Å². The lowest BCUT2D eigenvalue weighted by atomic mass is 10.2. The average molecular weight is 220 g/mol. The molecule has 1 aromatic heterocycles. The highest BCUT2D eigenvalue weighted by atomic mass is 35.5. The van der Waals surface area contributed by atoms with Crippen molar-refractivity contribution in [3.63, 3.8) is 0 Å². The summed E-state index contributed by atoms with van der Waals surface area (Å²) in [7, 11) is 0. The van der Waals surface area contributed by atoms with E-state index in [-0.39, 0.29) is 0 Å². The van der Waals surface area contributed by atoms with Crippen molar-refractivity contribution in [3.05, 3.63) is 48.1 Å². The molecule has 3 heteroatoms. The van der Waals surface area contributed by atoms with E-state index >= 15 is 0 Å². The SMILES string of the molecule is Cl/C=C/COc1nccc2ccccc12. The summed E-state index contributed by atoms with van der Waals surface area (Å²) in [6.07, 6.45) is 3.47. The number of hydrogen-bond donors (Lipinski definition) is 0. The molecule has 2 nitrogen and oxygen atoms in total. The Hall–Kier alpha value is -1.54. The van der Waals surface area contributed by atoms with E-state index in [2.05, 4.69) is 4.98 Å². The Morgan fingerprint density at radius 1 is 1.27 bits per heavy atom. The number of nitrogens with zero attached hydrogens (tertiary/aromatic N) is 1. The standard InChI is InChI=1S/C12H10ClNO/c13-7-3-9-15-12-11-5-2-1-4-10(11)6-8-14-12/h1-8H,9H2/b7-3+. The highest BCUT2D eigenvalue weighted by Gasteiger charge is 2.00. The minimum atomic E-state index is 0.435. The summed E-state index contributed by atoms with van der Waals surface area (Å²) in [4.78, 5) is 4.18. The third kappa shape index (κ3) is 2.28. The predicted molar refractivity (Wildman–Crippen MR) is 62.2 cm³/mol. The van der Waals surface area contributed by atoms with Crippen molar-refractivity contribution in [2.75, 3.05) is 6.61 Å². The Labute approximate surface area is 93.2 Å². The van der Waals surface area contributed by atoms with Crippen molar-refractivity contribution in [2.24, 2.45) is 0 Å². The summed E-state index contributed by atoms with van der Waals surface area (Å²) >= 11 is 5.41. The summed E-state index contributed by atoms with van der Waals surface area (Å²) < 4.78 is 5.48. The van der Waals surface area contributed by atoms with Crippen molar-refractivity contribution in [3.8, 4) is 5.88 Å². The molecule has 0 aliphatic carbocycles. The van der Waals surface area contributed by atoms with Crippen LogP contribution in [0.2, 0.25) is 0 Å². The molecule has 0 fully saturated rings. The van der Waals surface area contributed by atoms with Gasteiger partial charge in [0, 0.05) is 17.1 Å². The van der Waals surface area contributed by atoms with Crippen LogP contribution in [0.15, 0.2) is 48.1 Å². The molecule has 0 bridgehead atoms. The number of pyridine rings is 1. The van der Waals surface area contributed by atoms with E-state index < -0.39 is 0 Å². The number of rotatable bonds is 3. The average Bonchev–Trinajstić information content (AvgIpc) is 2.30. The Morgan fingerprint density at radius 2 is 2.13 bits per heavy atom. The number of aromatic nitrogens is 1. The van der Waals surface area contributed by atoms with Crippen LogP contribution >= 0.6 is 11.6 Å². The van der Waals surface area contributed by atoms with E-state index in [4.69, 9.17) is 16.3 Å². The fourth-order valence-corrected chi connectivity index (χ4v) is 1.44. The second-order valence-electron chi connectivity index (χ2n) is 3.01. The first kappa shape index (κ1) is 9.99. The largest absolute Gasteiger partial charge is 0.473 e. The molecule has 0 spiro atoms. The molecule has 0 atom stereocenters. The molecule has 0 radical (unpaired) electrons. The fraction of sp³-hybridized carbons (Fsp3) is 0.0833. The molecule has 1 heterocycles. The number of hydrogen-bond acceptors (Lipinski definition) is 2. The molecule has 1 aromatic carbocycles. The molecule has 15 heavy (non-hydrogen) atoms. The predicted octanol–water partition coefficient (Wildman–Crippen LogP) is 3.37. The van der Waals surface area contributed by atoms with E-state index in [9.17, 15) is 0 Å². The molecular formula is C12H10ClNO. The van der Waals surface area contributed by atoms with E-state index in [1.165, 1.54) is 5.54 Å². The van der Waals surface area contributed by atoms with E-state index in [0.717, 1.165) is 10.8 Å². The van der Waals surface area contributed by atoms with Gasteiger partial charge in [-0.05, 0) is 23.6 Å². The van der Waals surface area contributed by atoms with Gasteiger partial charge >= 0.3 is 0 Å². The molecule has 2 aromatic rings. The molecule has 0 aliphatic rings. The second kappa shape index (κ2) is 4.80. The van der Waals surface area contributed by atoms with Crippen molar-refractivity contribution in [2.45, 2.75) is 0 Å². The summed E-state index contributed by atoms with van der Waals surface area (Å²) in [5, 5.41) is 2.14. The maximum atomic E-state index is 5.48. The van der Waals surface area contributed by atoms with Crippen LogP contribution in [0.1, 0.15) is 0 Å². The zero-order valence-electron chi connectivity index (χ0n) is 8.06. The monoisotopic (exact) mass is 219 g/mol. The van der Waals surface area contributed by atoms with Gasteiger partial charge in [0.15, 0.2) is 0 Å². The first-order valence-electron chi connectivity index (χ1n) is 4.63. The van der Waals surface area contributed by atoms with E-state index in [1.54, 1.807) is 12.3 Å². The van der Waals surface area contributed by atoms with Crippen LogP contribution in [-0.2, 0) is 0 Å². The molecule has 76 valence electrons. The van der Waals surface area contributed by atoms with Crippen LogP contribution in [0.4, 0.5) is 0 Å². The van der Waals surface area contributed by atoms with Gasteiger partial charge in [-0.3, -0.25) is 0 Å². The van der Waals surface area contributed by atoms with Gasteiger partial charge in [0.05, 0.1) is 0 Å². The lowest BCUT2D eigenvalue weighted by molar-refractivity contribution is 0.353. The van der Waals surface area contributed by atoms with Crippen LogP contribution in [0.25, 0.3) is 10.8 Å². The number of benzene rings is 1. The lowest BCUT2D eigenvalue weighted by Crippen LogP contribution is -1.95. The fourth-order valence-electron chi connectivity index (χ4n) is 1.37. The molecule has 0 N–H and O–H groups in total. The van der Waals surface area contributed by atoms with Crippen LogP contribution in [0.5, 0.6) is 5.88 Å². The lowest BCUT2D eigenvalue weighted by Gasteiger charge is -2.05. The zero-order chi connectivity index (χ0) is 10.5. The number of ether oxygens (including phenoxy) is 1. The van der Waals surface area contributed by atoms with Gasteiger partial charge in [0.2, 0.25) is 5.88 Å². The smallest absolute Gasteiger partial charge is 0.221 e. The summed E-state index contributed by atoms with van der Waals surface area (Å²) in [6, 6.07) is 9.93. The first-order chi connectivity index (χ1) is 7.42. The molecule has 0 aliphatic heterocycles. The molecule has 2 rings (SSSR count). The molecule has 0 unspecified atom stereocenters. The molecule has 0 saturated carbocycles. The minimum absolute atomic E-state index is 0.435. The highest BCUT2D eigenvalue weighted by Crippen LogP contribution is 2.22. The quantitative estimate of drug-likeness (QED) is 0.790. The van der Waals surface area contributed by atoms with Gasteiger partial charge in [0.25, 0.3) is 0 Å². The van der Waals surface area contributed by atoms with Crippen LogP contribution in [-0.4, -0.2) is 11.6 Å². The van der Waals surface area contributed by atoms with Crippen molar-refractivity contribution in [1.82, 2.24) is 4.98 Å². The number of halogens is 1. The van der Waals surface area contributed by atoms with E-state index in [0.29, 0.717) is 12.5 Å². The Bertz CT molecular complexity index is 477. The molecule has 0 saturated heterocycles. The van der Waals surface area contributed by atoms with Gasteiger partial charge < -0.3 is 4.74 Å². The highest BCUT2D eigenvalue weighted by molar-refractivity contribution is 6.25. The van der Waals surface area contributed by atoms with Gasteiger partial charge in [0.1, 0.15) is 6.61 Å². The zero-order valence-corrected chi connectivity index (χ0v) is 8.82. The van der Waals surface area contributed by atoms with Gasteiger partial charge in [-0.25, -0.2) is 4.98 Å². The van der Waals surface area contributed by atoms with Gasteiger partial charge in [-0.1, -0.05) is 29.8 Å². The Morgan fingerprint density at radius 3 is 3.00 bits per heavy atom. The van der Waals surface area contributed by atoms with Gasteiger partial charge in [-0.2, -0.15) is 0 Å². The minimum Gasteiger partial charge on any atom is -0.473 e. The third-order valence-electron chi connectivity index (χ3n) is 2.04. The molecule has 0 amide bonds. The summed E-state index contributed by atoms with van der Waals surface area (Å²) in [5.74, 6) is 0.642. The van der Waals surface area contributed by atoms with Crippen LogP contribution in [0.3, 0.4) is 0 Å². The number of fused-ring (bicyclic) bond motifs is 1. The third-order valence-corrected chi connectivity index (χ3v) is 2.22. The second-order valence-corrected chi connectivity index (χ2v) is 3.26. The van der Waals surface area contributed by atoms with Crippen LogP contribution < -0.4 is 4.74 Å². The maximum Gasteiger partial charge on any atom is 0.221 e. The summed E-state index contributed by atoms with van der Waals surface area (Å²) in [6.45, 7) is 0.435. The maximum absolute atomic E-state index is 5.48. The van der Waals surface area contributed by atoms with Crippen molar-refractivity contribution < 1.29 is 4.74 Å². The van der Waals surface area contributed by atoms with E-state index in [1.807, 2.05) is 30.3 Å². The molecular weight excluding hydrogens is 210 g/mol. The summed E-state index contributed by atoms with van der Waals surface area (Å²) in [5.41, 5.74) is 1.44.